The molecule has 1 aliphatic heterocycles. The highest BCUT2D eigenvalue weighted by molar-refractivity contribution is 6.30. The third kappa shape index (κ3) is 3.28. The van der Waals surface area contributed by atoms with Crippen molar-refractivity contribution in [1.82, 2.24) is 4.90 Å². The van der Waals surface area contributed by atoms with Gasteiger partial charge in [-0.3, -0.25) is 4.90 Å². The largest absolute Gasteiger partial charge is 0.479 e. The van der Waals surface area contributed by atoms with Crippen LogP contribution < -0.4 is 0 Å². The molecule has 0 unspecified atom stereocenters. The van der Waals surface area contributed by atoms with Crippen molar-refractivity contribution in [1.29, 1.82) is 0 Å². The van der Waals surface area contributed by atoms with E-state index in [0.717, 1.165) is 4.90 Å². The van der Waals surface area contributed by atoms with Gasteiger partial charge in [-0.1, -0.05) is 44.5 Å². The lowest BCUT2D eigenvalue weighted by atomic mass is 9.87. The molecule has 0 bridgehead atoms. The third-order valence-electron chi connectivity index (χ3n) is 3.91. The number of carboxylic acid groups (broad SMARTS) is 2. The van der Waals surface area contributed by atoms with Crippen molar-refractivity contribution in [3.63, 3.8) is 0 Å². The summed E-state index contributed by atoms with van der Waals surface area (Å²) < 4.78 is 5.60. The summed E-state index contributed by atoms with van der Waals surface area (Å²) in [4.78, 5) is 24.7. The number of nitrogens with zero attached hydrogens (tertiary/aromatic N) is 1. The van der Waals surface area contributed by atoms with Gasteiger partial charge in [-0.15, -0.1) is 0 Å². The molecule has 0 spiro atoms. The summed E-state index contributed by atoms with van der Waals surface area (Å²) in [6.45, 7) is 5.23. The second-order valence-corrected chi connectivity index (χ2v) is 7.26. The monoisotopic (exact) mass is 341 g/mol. The Labute approximate surface area is 139 Å². The smallest absolute Gasteiger partial charge is 0.410 e. The molecule has 126 valence electrons. The van der Waals surface area contributed by atoms with E-state index >= 15 is 0 Å². The number of carbonyl (C=O) groups is 2. The summed E-state index contributed by atoms with van der Waals surface area (Å²) >= 11 is 5.95. The van der Waals surface area contributed by atoms with Gasteiger partial charge in [-0.05, 0) is 17.7 Å². The molecule has 0 aromatic heterocycles. The Morgan fingerprint density at radius 1 is 1.39 bits per heavy atom. The lowest BCUT2D eigenvalue weighted by Gasteiger charge is -2.38. The summed E-state index contributed by atoms with van der Waals surface area (Å²) in [5, 5.41) is 19.9. The standard InChI is InChI=1S/C16H20ClNO5/c1-15(2,3)12-18(14(21)22)16(9-23-12,13(19)20)8-10-5-4-6-11(17)7-10/h4-7,12H,8-9H2,1-3H3,(H,19,20)(H,21,22)/t12-,16+/m0/s1. The molecule has 23 heavy (non-hydrogen) atoms. The highest BCUT2D eigenvalue weighted by Gasteiger charge is 2.58. The Kier molecular flexibility index (Phi) is 4.59. The van der Waals surface area contributed by atoms with Gasteiger partial charge in [-0.2, -0.15) is 0 Å². The predicted octanol–water partition coefficient (Wildman–Crippen LogP) is 3.09. The normalized spacial score (nSPS) is 24.7. The summed E-state index contributed by atoms with van der Waals surface area (Å²) in [5.41, 5.74) is -1.58. The Balaban J connectivity index is 2.47. The molecule has 1 heterocycles. The maximum Gasteiger partial charge on any atom is 0.410 e. The average Bonchev–Trinajstić information content (AvgIpc) is 2.79. The highest BCUT2D eigenvalue weighted by Crippen LogP contribution is 2.39. The van der Waals surface area contributed by atoms with Crippen molar-refractivity contribution in [2.24, 2.45) is 5.41 Å². The molecule has 1 aromatic carbocycles. The van der Waals surface area contributed by atoms with Crippen molar-refractivity contribution < 1.29 is 24.5 Å². The van der Waals surface area contributed by atoms with Gasteiger partial charge in [-0.25, -0.2) is 9.59 Å². The number of benzene rings is 1. The maximum atomic E-state index is 12.0. The van der Waals surface area contributed by atoms with Crippen LogP contribution in [0.5, 0.6) is 0 Å². The Bertz CT molecular complexity index is 627. The SMILES string of the molecule is CC(C)(C)[C@@H]1OC[C@](Cc2cccc(Cl)c2)(C(=O)O)N1C(=O)O. The second kappa shape index (κ2) is 6.02. The number of halogens is 1. The molecule has 2 N–H and O–H groups in total. The lowest BCUT2D eigenvalue weighted by molar-refractivity contribution is -0.149. The lowest BCUT2D eigenvalue weighted by Crippen LogP contribution is -2.60. The van der Waals surface area contributed by atoms with E-state index < -0.39 is 29.2 Å². The van der Waals surface area contributed by atoms with E-state index in [1.807, 2.05) is 20.8 Å². The minimum absolute atomic E-state index is 0.0121. The predicted molar refractivity (Wildman–Crippen MR) is 84.6 cm³/mol. The summed E-state index contributed by atoms with van der Waals surface area (Å²) in [6, 6.07) is 6.74. The fourth-order valence-electron chi connectivity index (χ4n) is 2.87. The Morgan fingerprint density at radius 3 is 2.52 bits per heavy atom. The molecule has 7 heteroatoms. The molecule has 0 aliphatic carbocycles. The van der Waals surface area contributed by atoms with E-state index in [0.29, 0.717) is 10.6 Å². The van der Waals surface area contributed by atoms with Gasteiger partial charge in [0.25, 0.3) is 0 Å². The van der Waals surface area contributed by atoms with Crippen LogP contribution in [0.15, 0.2) is 24.3 Å². The highest BCUT2D eigenvalue weighted by atomic mass is 35.5. The maximum absolute atomic E-state index is 12.0. The molecule has 1 amide bonds. The van der Waals surface area contributed by atoms with Gasteiger partial charge in [0.2, 0.25) is 0 Å². The van der Waals surface area contributed by atoms with Crippen LogP contribution in [0.4, 0.5) is 4.79 Å². The molecule has 0 radical (unpaired) electrons. The van der Waals surface area contributed by atoms with E-state index in [-0.39, 0.29) is 13.0 Å². The number of hydrogen-bond acceptors (Lipinski definition) is 3. The van der Waals surface area contributed by atoms with Gasteiger partial charge in [0.1, 0.15) is 6.23 Å². The number of ether oxygens (including phenoxy) is 1. The van der Waals surface area contributed by atoms with Crippen LogP contribution in [0.2, 0.25) is 5.02 Å². The molecule has 2 atom stereocenters. The fourth-order valence-corrected chi connectivity index (χ4v) is 3.08. The topological polar surface area (TPSA) is 87.1 Å². The molecule has 1 fully saturated rings. The summed E-state index contributed by atoms with van der Waals surface area (Å²) in [6.07, 6.45) is -2.16. The first-order valence-corrected chi connectivity index (χ1v) is 7.57. The zero-order valence-corrected chi connectivity index (χ0v) is 14.0. The van der Waals surface area contributed by atoms with Crippen molar-refractivity contribution >= 4 is 23.7 Å². The number of aliphatic carboxylic acids is 1. The van der Waals surface area contributed by atoms with Crippen LogP contribution in [0, 0.1) is 5.41 Å². The first kappa shape index (κ1) is 17.6. The van der Waals surface area contributed by atoms with E-state index in [1.165, 1.54) is 0 Å². The van der Waals surface area contributed by atoms with Gasteiger partial charge in [0, 0.05) is 16.9 Å². The number of rotatable bonds is 3. The summed E-state index contributed by atoms with van der Waals surface area (Å²) in [7, 11) is 0. The first-order chi connectivity index (χ1) is 10.6. The third-order valence-corrected chi connectivity index (χ3v) is 4.14. The van der Waals surface area contributed by atoms with E-state index in [2.05, 4.69) is 0 Å². The van der Waals surface area contributed by atoms with E-state index in [9.17, 15) is 19.8 Å². The van der Waals surface area contributed by atoms with Crippen molar-refractivity contribution in [3.05, 3.63) is 34.9 Å². The van der Waals surface area contributed by atoms with Crippen molar-refractivity contribution in [2.45, 2.75) is 39.0 Å². The molecule has 0 saturated carbocycles. The van der Waals surface area contributed by atoms with E-state index in [4.69, 9.17) is 16.3 Å². The number of amides is 1. The van der Waals surface area contributed by atoms with E-state index in [1.54, 1.807) is 24.3 Å². The quantitative estimate of drug-likeness (QED) is 0.882. The molecule has 6 nitrogen and oxygen atoms in total. The minimum Gasteiger partial charge on any atom is -0.479 e. The average molecular weight is 342 g/mol. The van der Waals surface area contributed by atoms with Crippen LogP contribution in [0.1, 0.15) is 26.3 Å². The first-order valence-electron chi connectivity index (χ1n) is 7.19. The Morgan fingerprint density at radius 2 is 2.04 bits per heavy atom. The van der Waals surface area contributed by atoms with Crippen LogP contribution >= 0.6 is 11.6 Å². The zero-order chi connectivity index (χ0) is 17.4. The summed E-state index contributed by atoms with van der Waals surface area (Å²) in [5.74, 6) is -1.23. The Hall–Kier alpha value is -1.79. The zero-order valence-electron chi connectivity index (χ0n) is 13.2. The molecule has 1 aromatic rings. The fraction of sp³-hybridized carbons (Fsp3) is 0.500. The van der Waals surface area contributed by atoms with Crippen LogP contribution in [0.25, 0.3) is 0 Å². The number of hydrogen-bond donors (Lipinski definition) is 2. The molecular formula is C16H20ClNO5. The van der Waals surface area contributed by atoms with Gasteiger partial charge >= 0.3 is 12.1 Å². The van der Waals surface area contributed by atoms with Crippen LogP contribution in [0.3, 0.4) is 0 Å². The molecule has 1 saturated heterocycles. The van der Waals surface area contributed by atoms with Crippen molar-refractivity contribution in [2.75, 3.05) is 6.61 Å². The minimum atomic E-state index is -1.67. The molecule has 2 rings (SSSR count). The van der Waals surface area contributed by atoms with Crippen LogP contribution in [-0.4, -0.2) is 45.5 Å². The van der Waals surface area contributed by atoms with Crippen molar-refractivity contribution in [3.8, 4) is 0 Å². The molecule has 1 aliphatic rings. The van der Waals surface area contributed by atoms with Gasteiger partial charge in [0.05, 0.1) is 6.61 Å². The molecular weight excluding hydrogens is 322 g/mol. The van der Waals surface area contributed by atoms with Gasteiger partial charge in [0.15, 0.2) is 5.54 Å². The van der Waals surface area contributed by atoms with Crippen LogP contribution in [-0.2, 0) is 16.0 Å². The number of carboxylic acids is 1. The second-order valence-electron chi connectivity index (χ2n) is 6.83. The van der Waals surface area contributed by atoms with Gasteiger partial charge < -0.3 is 14.9 Å².